The van der Waals surface area contributed by atoms with Crippen LogP contribution in [0.25, 0.3) is 11.1 Å². The lowest BCUT2D eigenvalue weighted by Crippen LogP contribution is -2.29. The predicted octanol–water partition coefficient (Wildman–Crippen LogP) is 6.00. The van der Waals surface area contributed by atoms with Gasteiger partial charge in [0, 0.05) is 36.0 Å². The number of amides is 2. The third-order valence-corrected chi connectivity index (χ3v) is 7.35. The molecule has 2 heterocycles. The van der Waals surface area contributed by atoms with Gasteiger partial charge in [-0.05, 0) is 124 Å². The number of nitrogens with zero attached hydrogens (tertiary/aromatic N) is 1. The zero-order valence-corrected chi connectivity index (χ0v) is 25.6. The SMILES string of the molecule is CC(=O)Nc1ccc(C(=O)N2CCc3c2cc(C)c(CC(=O)O)c3-c2cc(F)c3c(c2C)CCCO3)cc1.CC(C)(C)O. The van der Waals surface area contributed by atoms with Crippen LogP contribution in [0.5, 0.6) is 5.75 Å². The summed E-state index contributed by atoms with van der Waals surface area (Å²) >= 11 is 0. The fourth-order valence-electron chi connectivity index (χ4n) is 5.61. The molecule has 3 N–H and O–H groups in total. The van der Waals surface area contributed by atoms with Crippen LogP contribution in [0.1, 0.15) is 72.3 Å². The second-order valence-corrected chi connectivity index (χ2v) is 12.0. The number of fused-ring (bicyclic) bond motifs is 2. The normalized spacial score (nSPS) is 13.7. The van der Waals surface area contributed by atoms with E-state index in [4.69, 9.17) is 9.84 Å². The number of carboxylic acids is 1. The molecule has 0 saturated heterocycles. The van der Waals surface area contributed by atoms with Crippen LogP contribution >= 0.6 is 0 Å². The van der Waals surface area contributed by atoms with Crippen molar-refractivity contribution in [2.45, 2.75) is 72.8 Å². The minimum Gasteiger partial charge on any atom is -0.490 e. The Kier molecular flexibility index (Phi) is 9.25. The molecule has 0 spiro atoms. The highest BCUT2D eigenvalue weighted by atomic mass is 19.1. The van der Waals surface area contributed by atoms with Crippen LogP contribution < -0.4 is 15.0 Å². The Bertz CT molecular complexity index is 1570. The number of nitrogens with one attached hydrogen (secondary N) is 1. The first-order chi connectivity index (χ1) is 20.2. The topological polar surface area (TPSA) is 116 Å². The summed E-state index contributed by atoms with van der Waals surface area (Å²) in [6, 6.07) is 10.0. The second kappa shape index (κ2) is 12.6. The summed E-state index contributed by atoms with van der Waals surface area (Å²) in [6.45, 7) is 11.3. The van der Waals surface area contributed by atoms with Gasteiger partial charge in [0.1, 0.15) is 0 Å². The summed E-state index contributed by atoms with van der Waals surface area (Å²) in [4.78, 5) is 38.4. The average molecular weight is 591 g/mol. The van der Waals surface area contributed by atoms with Crippen molar-refractivity contribution in [1.82, 2.24) is 0 Å². The fourth-order valence-corrected chi connectivity index (χ4v) is 5.61. The Morgan fingerprint density at radius 1 is 1.05 bits per heavy atom. The molecule has 0 saturated carbocycles. The van der Waals surface area contributed by atoms with Gasteiger partial charge in [-0.3, -0.25) is 14.4 Å². The molecule has 0 atom stereocenters. The van der Waals surface area contributed by atoms with E-state index in [0.29, 0.717) is 59.6 Å². The number of aliphatic hydroxyl groups is 1. The number of aliphatic carboxylic acids is 1. The lowest BCUT2D eigenvalue weighted by atomic mass is 9.84. The number of carbonyl (C=O) groups excluding carboxylic acids is 2. The molecule has 228 valence electrons. The Morgan fingerprint density at radius 3 is 2.30 bits per heavy atom. The van der Waals surface area contributed by atoms with Crippen molar-refractivity contribution in [2.75, 3.05) is 23.4 Å². The number of ether oxygens (including phenoxy) is 1. The summed E-state index contributed by atoms with van der Waals surface area (Å²) in [5.41, 5.74) is 6.51. The summed E-state index contributed by atoms with van der Waals surface area (Å²) in [5, 5.41) is 20.9. The van der Waals surface area contributed by atoms with E-state index in [1.54, 1.807) is 49.9 Å². The molecule has 5 rings (SSSR count). The van der Waals surface area contributed by atoms with Crippen molar-refractivity contribution in [3.63, 3.8) is 0 Å². The summed E-state index contributed by atoms with van der Waals surface area (Å²) in [5.74, 6) is -1.54. The Morgan fingerprint density at radius 2 is 1.70 bits per heavy atom. The number of carbonyl (C=O) groups is 3. The molecule has 43 heavy (non-hydrogen) atoms. The molecule has 2 aliphatic rings. The molecule has 3 aromatic rings. The summed E-state index contributed by atoms with van der Waals surface area (Å²) in [6.07, 6.45) is 1.78. The molecular weight excluding hydrogens is 551 g/mol. The maximum atomic E-state index is 15.3. The second-order valence-electron chi connectivity index (χ2n) is 12.0. The van der Waals surface area contributed by atoms with Gasteiger partial charge in [-0.25, -0.2) is 4.39 Å². The van der Waals surface area contributed by atoms with Gasteiger partial charge in [-0.2, -0.15) is 0 Å². The highest BCUT2D eigenvalue weighted by Gasteiger charge is 2.32. The van der Waals surface area contributed by atoms with Gasteiger partial charge in [-0.15, -0.1) is 0 Å². The molecule has 3 aromatic carbocycles. The van der Waals surface area contributed by atoms with Crippen molar-refractivity contribution in [1.29, 1.82) is 0 Å². The van der Waals surface area contributed by atoms with Gasteiger partial charge >= 0.3 is 5.97 Å². The Labute approximate surface area is 251 Å². The van der Waals surface area contributed by atoms with Gasteiger partial charge in [0.15, 0.2) is 11.6 Å². The number of benzene rings is 3. The van der Waals surface area contributed by atoms with Crippen LogP contribution in [-0.4, -0.2) is 46.7 Å². The summed E-state index contributed by atoms with van der Waals surface area (Å²) in [7, 11) is 0. The van der Waals surface area contributed by atoms with E-state index in [0.717, 1.165) is 28.7 Å². The lowest BCUT2D eigenvalue weighted by molar-refractivity contribution is -0.136. The third-order valence-electron chi connectivity index (χ3n) is 7.35. The van der Waals surface area contributed by atoms with E-state index < -0.39 is 17.4 Å². The number of hydrogen-bond donors (Lipinski definition) is 3. The van der Waals surface area contributed by atoms with Gasteiger partial charge in [0.05, 0.1) is 18.6 Å². The highest BCUT2D eigenvalue weighted by molar-refractivity contribution is 6.08. The maximum Gasteiger partial charge on any atom is 0.307 e. The number of aryl methyl sites for hydroxylation is 1. The molecule has 8 nitrogen and oxygen atoms in total. The molecule has 9 heteroatoms. The molecule has 0 aromatic heterocycles. The van der Waals surface area contributed by atoms with Crippen molar-refractivity contribution in [3.8, 4) is 16.9 Å². The smallest absolute Gasteiger partial charge is 0.307 e. The third kappa shape index (κ3) is 7.22. The highest BCUT2D eigenvalue weighted by Crippen LogP contribution is 2.45. The van der Waals surface area contributed by atoms with E-state index >= 15 is 4.39 Å². The molecular formula is C34H39FN2O6. The zero-order chi connectivity index (χ0) is 31.6. The van der Waals surface area contributed by atoms with Crippen LogP contribution in [0, 0.1) is 19.7 Å². The molecule has 0 unspecified atom stereocenters. The van der Waals surface area contributed by atoms with Crippen LogP contribution in [0.3, 0.4) is 0 Å². The van der Waals surface area contributed by atoms with Gasteiger partial charge in [0.2, 0.25) is 5.91 Å². The number of rotatable bonds is 5. The minimum absolute atomic E-state index is 0.196. The van der Waals surface area contributed by atoms with Crippen molar-refractivity contribution >= 4 is 29.2 Å². The minimum atomic E-state index is -0.973. The van der Waals surface area contributed by atoms with Crippen LogP contribution in [0.15, 0.2) is 36.4 Å². The standard InChI is InChI=1S/C30H29FN2O5.C4H10O/c1-16-13-26-22(10-11-33(26)30(37)19-6-8-20(9-7-19)32-18(3)34)28(23(16)15-27(35)36)24-14-25(31)29-21(17(24)2)5-4-12-38-29;1-4(2,3)5/h6-9,13-14H,4-5,10-12,15H2,1-3H3,(H,32,34)(H,35,36);5H,1-3H3. The quantitative estimate of drug-likeness (QED) is 0.336. The van der Waals surface area contributed by atoms with E-state index in [1.165, 1.54) is 13.0 Å². The van der Waals surface area contributed by atoms with Crippen molar-refractivity contribution < 1.29 is 33.7 Å². The molecule has 0 aliphatic carbocycles. The average Bonchev–Trinajstić information content (AvgIpc) is 3.33. The van der Waals surface area contributed by atoms with Crippen LogP contribution in [0.4, 0.5) is 15.8 Å². The Balaban J connectivity index is 0.000000782. The van der Waals surface area contributed by atoms with E-state index in [2.05, 4.69) is 5.32 Å². The molecule has 0 fully saturated rings. The van der Waals surface area contributed by atoms with E-state index in [9.17, 15) is 19.5 Å². The van der Waals surface area contributed by atoms with E-state index in [-0.39, 0.29) is 24.0 Å². The zero-order valence-electron chi connectivity index (χ0n) is 25.6. The number of hydrogen-bond acceptors (Lipinski definition) is 5. The monoisotopic (exact) mass is 590 g/mol. The van der Waals surface area contributed by atoms with Crippen LogP contribution in [0.2, 0.25) is 0 Å². The van der Waals surface area contributed by atoms with Gasteiger partial charge in [-0.1, -0.05) is 0 Å². The molecule has 2 amide bonds. The number of carboxylic acid groups (broad SMARTS) is 1. The molecule has 0 bridgehead atoms. The molecule has 0 radical (unpaired) electrons. The van der Waals surface area contributed by atoms with Crippen molar-refractivity contribution in [3.05, 3.63) is 75.6 Å². The fraction of sp³-hybridized carbons (Fsp3) is 0.382. The maximum absolute atomic E-state index is 15.3. The molecule has 2 aliphatic heterocycles. The first kappa shape index (κ1) is 31.7. The summed E-state index contributed by atoms with van der Waals surface area (Å²) < 4.78 is 20.9. The largest absolute Gasteiger partial charge is 0.490 e. The lowest BCUT2D eigenvalue weighted by Gasteiger charge is -2.25. The first-order valence-electron chi connectivity index (χ1n) is 14.4. The van der Waals surface area contributed by atoms with Gasteiger partial charge < -0.3 is 25.2 Å². The number of halogens is 1. The van der Waals surface area contributed by atoms with Crippen molar-refractivity contribution in [2.24, 2.45) is 0 Å². The van der Waals surface area contributed by atoms with Crippen LogP contribution in [-0.2, 0) is 28.9 Å². The number of anilines is 2. The first-order valence-corrected chi connectivity index (χ1v) is 14.4. The van der Waals surface area contributed by atoms with Gasteiger partial charge in [0.25, 0.3) is 5.91 Å². The predicted molar refractivity (Wildman–Crippen MR) is 165 cm³/mol. The van der Waals surface area contributed by atoms with E-state index in [1.807, 2.05) is 19.9 Å². The Hall–Kier alpha value is -4.24.